The second-order valence-corrected chi connectivity index (χ2v) is 4.23. The summed E-state index contributed by atoms with van der Waals surface area (Å²) in [4.78, 5) is 11.1. The lowest BCUT2D eigenvalue weighted by molar-refractivity contribution is 0.239. The number of hydrogen-bond acceptors (Lipinski definition) is 6. The highest BCUT2D eigenvalue weighted by Gasteiger charge is 2.19. The van der Waals surface area contributed by atoms with E-state index in [2.05, 4.69) is 26.1 Å². The molecule has 2 amide bonds. The number of amides is 2. The topological polar surface area (TPSA) is 126 Å². The zero-order valence-electron chi connectivity index (χ0n) is 11.1. The standard InChI is InChI=1S/C13H11N7O/c1-8-12(19-20-13(21)16-8)9-2-4-10(5-3-9)17-18-11(6-14)7-15/h2-5,8,11H,1H3,(H2,16,20,21). The number of carbonyl (C=O) groups is 1. The van der Waals surface area contributed by atoms with Crippen LogP contribution < -0.4 is 10.7 Å². The molecule has 2 rings (SSSR count). The van der Waals surface area contributed by atoms with E-state index in [1.165, 1.54) is 0 Å². The zero-order chi connectivity index (χ0) is 15.2. The van der Waals surface area contributed by atoms with Crippen molar-refractivity contribution in [3.05, 3.63) is 29.8 Å². The first-order valence-corrected chi connectivity index (χ1v) is 6.08. The van der Waals surface area contributed by atoms with Crippen LogP contribution in [0, 0.1) is 22.7 Å². The highest BCUT2D eigenvalue weighted by atomic mass is 16.2. The van der Waals surface area contributed by atoms with Crippen molar-refractivity contribution in [3.8, 4) is 12.1 Å². The fourth-order valence-corrected chi connectivity index (χ4v) is 1.72. The summed E-state index contributed by atoms with van der Waals surface area (Å²) in [6.45, 7) is 1.83. The van der Waals surface area contributed by atoms with Crippen LogP contribution in [-0.2, 0) is 0 Å². The number of nitrogens with zero attached hydrogens (tertiary/aromatic N) is 5. The lowest BCUT2D eigenvalue weighted by Crippen LogP contribution is -2.48. The molecule has 1 aliphatic rings. The van der Waals surface area contributed by atoms with Crippen molar-refractivity contribution in [2.24, 2.45) is 15.3 Å². The smallest absolute Gasteiger partial charge is 0.328 e. The highest BCUT2D eigenvalue weighted by molar-refractivity contribution is 6.07. The van der Waals surface area contributed by atoms with Gasteiger partial charge in [0, 0.05) is 5.56 Å². The summed E-state index contributed by atoms with van der Waals surface area (Å²) in [6, 6.07) is 8.70. The summed E-state index contributed by atoms with van der Waals surface area (Å²) in [6.07, 6.45) is 0. The number of nitriles is 2. The molecule has 0 aromatic heterocycles. The lowest BCUT2D eigenvalue weighted by atomic mass is 10.0. The Morgan fingerprint density at radius 2 is 1.95 bits per heavy atom. The predicted molar refractivity (Wildman–Crippen MR) is 73.6 cm³/mol. The quantitative estimate of drug-likeness (QED) is 0.817. The van der Waals surface area contributed by atoms with Crippen LogP contribution in [0.15, 0.2) is 39.6 Å². The molecule has 0 aliphatic carbocycles. The van der Waals surface area contributed by atoms with Crippen LogP contribution in [0.4, 0.5) is 10.5 Å². The Labute approximate surface area is 120 Å². The second-order valence-electron chi connectivity index (χ2n) is 4.23. The molecule has 1 aromatic rings. The van der Waals surface area contributed by atoms with Gasteiger partial charge in [0.2, 0.25) is 6.04 Å². The molecule has 0 fully saturated rings. The van der Waals surface area contributed by atoms with Crippen LogP contribution in [0.3, 0.4) is 0 Å². The summed E-state index contributed by atoms with van der Waals surface area (Å²) in [5.74, 6) is 0. The highest BCUT2D eigenvalue weighted by Crippen LogP contribution is 2.16. The Kier molecular flexibility index (Phi) is 4.22. The molecule has 1 unspecified atom stereocenters. The Hall–Kier alpha value is -3.26. The molecule has 0 bridgehead atoms. The Morgan fingerprint density at radius 1 is 1.29 bits per heavy atom. The van der Waals surface area contributed by atoms with E-state index in [-0.39, 0.29) is 12.1 Å². The maximum Gasteiger partial charge on any atom is 0.335 e. The summed E-state index contributed by atoms with van der Waals surface area (Å²) >= 11 is 0. The Morgan fingerprint density at radius 3 is 2.52 bits per heavy atom. The third kappa shape index (κ3) is 3.39. The molecule has 8 nitrogen and oxygen atoms in total. The third-order valence-corrected chi connectivity index (χ3v) is 2.73. The van der Waals surface area contributed by atoms with Crippen molar-refractivity contribution in [1.29, 1.82) is 10.5 Å². The van der Waals surface area contributed by atoms with E-state index in [9.17, 15) is 4.79 Å². The van der Waals surface area contributed by atoms with E-state index in [0.29, 0.717) is 11.4 Å². The summed E-state index contributed by atoms with van der Waals surface area (Å²) in [7, 11) is 0. The summed E-state index contributed by atoms with van der Waals surface area (Å²) < 4.78 is 0. The van der Waals surface area contributed by atoms with E-state index in [1.54, 1.807) is 36.4 Å². The molecule has 1 aliphatic heterocycles. The van der Waals surface area contributed by atoms with Crippen LogP contribution >= 0.6 is 0 Å². The van der Waals surface area contributed by atoms with Gasteiger partial charge in [0.25, 0.3) is 0 Å². The van der Waals surface area contributed by atoms with Gasteiger partial charge in [-0.25, -0.2) is 10.2 Å². The molecule has 8 heteroatoms. The van der Waals surface area contributed by atoms with E-state index in [1.807, 2.05) is 6.92 Å². The minimum Gasteiger partial charge on any atom is -0.328 e. The van der Waals surface area contributed by atoms with Gasteiger partial charge in [-0.15, -0.1) is 0 Å². The van der Waals surface area contributed by atoms with Crippen LogP contribution in [0.1, 0.15) is 12.5 Å². The Bertz CT molecular complexity index is 664. The van der Waals surface area contributed by atoms with Crippen molar-refractivity contribution in [2.45, 2.75) is 19.0 Å². The number of benzene rings is 1. The SMILES string of the molecule is CC1NC(=O)NN=C1c1ccc(N=NC(C#N)C#N)cc1. The van der Waals surface area contributed by atoms with Crippen molar-refractivity contribution in [1.82, 2.24) is 10.7 Å². The average Bonchev–Trinajstić information content (AvgIpc) is 2.49. The van der Waals surface area contributed by atoms with E-state index < -0.39 is 6.04 Å². The molecule has 2 N–H and O–H groups in total. The first kappa shape index (κ1) is 14.2. The zero-order valence-corrected chi connectivity index (χ0v) is 11.1. The number of nitrogens with one attached hydrogen (secondary N) is 2. The molecular weight excluding hydrogens is 270 g/mol. The van der Waals surface area contributed by atoms with Crippen molar-refractivity contribution < 1.29 is 4.79 Å². The second kappa shape index (κ2) is 6.26. The maximum atomic E-state index is 11.1. The molecule has 1 heterocycles. The van der Waals surface area contributed by atoms with Gasteiger partial charge in [0.05, 0.1) is 17.4 Å². The molecule has 1 atom stereocenters. The molecule has 0 spiro atoms. The molecule has 1 aromatic carbocycles. The lowest BCUT2D eigenvalue weighted by Gasteiger charge is -2.21. The van der Waals surface area contributed by atoms with Gasteiger partial charge in [0.1, 0.15) is 12.1 Å². The van der Waals surface area contributed by atoms with Crippen LogP contribution in [0.5, 0.6) is 0 Å². The van der Waals surface area contributed by atoms with Gasteiger partial charge in [-0.3, -0.25) is 0 Å². The van der Waals surface area contributed by atoms with Crippen LogP contribution in [0.25, 0.3) is 0 Å². The number of azo groups is 1. The van der Waals surface area contributed by atoms with Crippen molar-refractivity contribution >= 4 is 17.4 Å². The molecular formula is C13H11N7O. The molecule has 0 saturated carbocycles. The Balaban J connectivity index is 2.15. The molecule has 0 saturated heterocycles. The van der Waals surface area contributed by atoms with Crippen LogP contribution in [0.2, 0.25) is 0 Å². The third-order valence-electron chi connectivity index (χ3n) is 2.73. The molecule has 21 heavy (non-hydrogen) atoms. The first-order chi connectivity index (χ1) is 10.1. The van der Waals surface area contributed by atoms with Gasteiger partial charge in [0.15, 0.2) is 0 Å². The van der Waals surface area contributed by atoms with E-state index >= 15 is 0 Å². The summed E-state index contributed by atoms with van der Waals surface area (Å²) in [5, 5.41) is 31.3. The fourth-order valence-electron chi connectivity index (χ4n) is 1.72. The summed E-state index contributed by atoms with van der Waals surface area (Å²) in [5.41, 5.74) is 4.40. The van der Waals surface area contributed by atoms with Crippen molar-refractivity contribution in [3.63, 3.8) is 0 Å². The number of hydrazone groups is 1. The minimum absolute atomic E-state index is 0.201. The normalized spacial score (nSPS) is 17.6. The predicted octanol–water partition coefficient (Wildman–Crippen LogP) is 1.59. The van der Waals surface area contributed by atoms with Gasteiger partial charge in [-0.05, 0) is 19.1 Å². The monoisotopic (exact) mass is 281 g/mol. The number of hydrogen-bond donors (Lipinski definition) is 2. The van der Waals surface area contributed by atoms with Gasteiger partial charge in [-0.2, -0.15) is 25.9 Å². The van der Waals surface area contributed by atoms with Gasteiger partial charge in [-0.1, -0.05) is 12.1 Å². The van der Waals surface area contributed by atoms with E-state index in [0.717, 1.165) is 5.56 Å². The van der Waals surface area contributed by atoms with Crippen LogP contribution in [-0.4, -0.2) is 23.8 Å². The number of carbonyl (C=O) groups excluding carboxylic acids is 1. The molecule has 104 valence electrons. The maximum absolute atomic E-state index is 11.1. The molecule has 0 radical (unpaired) electrons. The number of urea groups is 1. The van der Waals surface area contributed by atoms with E-state index in [4.69, 9.17) is 10.5 Å². The average molecular weight is 281 g/mol. The van der Waals surface area contributed by atoms with Gasteiger partial charge < -0.3 is 5.32 Å². The number of rotatable bonds is 3. The largest absolute Gasteiger partial charge is 0.335 e. The van der Waals surface area contributed by atoms with Crippen molar-refractivity contribution in [2.75, 3.05) is 0 Å². The van der Waals surface area contributed by atoms with Gasteiger partial charge >= 0.3 is 6.03 Å². The first-order valence-electron chi connectivity index (χ1n) is 6.08. The minimum atomic E-state index is -1.10. The fraction of sp³-hybridized carbons (Fsp3) is 0.231.